The van der Waals surface area contributed by atoms with Crippen LogP contribution in [0.4, 0.5) is 5.69 Å². The van der Waals surface area contributed by atoms with E-state index < -0.39 is 0 Å². The third kappa shape index (κ3) is 4.34. The fourth-order valence-electron chi connectivity index (χ4n) is 2.72. The van der Waals surface area contributed by atoms with Crippen molar-refractivity contribution in [2.75, 3.05) is 18.5 Å². The minimum atomic E-state index is -0.322. The molecule has 1 unspecified atom stereocenters. The zero-order valence-electron chi connectivity index (χ0n) is 15.1. The van der Waals surface area contributed by atoms with Gasteiger partial charge in [0, 0.05) is 16.2 Å². The molecular weight excluding hydrogens is 442 g/mol. The second-order valence-electron chi connectivity index (χ2n) is 6.22. The van der Waals surface area contributed by atoms with E-state index in [1.807, 2.05) is 31.2 Å². The highest BCUT2D eigenvalue weighted by Gasteiger charge is 2.18. The van der Waals surface area contributed by atoms with E-state index >= 15 is 0 Å². The highest BCUT2D eigenvalue weighted by molar-refractivity contribution is 9.10. The van der Waals surface area contributed by atoms with E-state index in [1.165, 1.54) is 11.8 Å². The summed E-state index contributed by atoms with van der Waals surface area (Å²) in [5.41, 5.74) is 2.63. The lowest BCUT2D eigenvalue weighted by Gasteiger charge is -2.19. The van der Waals surface area contributed by atoms with Gasteiger partial charge in [0.25, 0.3) is 0 Å². The number of benzene rings is 2. The number of nitrogens with zero attached hydrogens (tertiary/aromatic N) is 1. The molecule has 6 nitrogen and oxygen atoms in total. The van der Waals surface area contributed by atoms with Crippen molar-refractivity contribution < 1.29 is 14.3 Å². The molecule has 1 aromatic heterocycles. The Bertz CT molecular complexity index is 991. The van der Waals surface area contributed by atoms with Crippen LogP contribution in [0.15, 0.2) is 58.3 Å². The predicted octanol–water partition coefficient (Wildman–Crippen LogP) is 4.73. The molecule has 0 radical (unpaired) electrons. The van der Waals surface area contributed by atoms with E-state index in [9.17, 15) is 4.79 Å². The summed E-state index contributed by atoms with van der Waals surface area (Å²) in [6.45, 7) is 2.90. The van der Waals surface area contributed by atoms with Crippen LogP contribution in [0.25, 0.3) is 11.3 Å². The van der Waals surface area contributed by atoms with E-state index in [4.69, 9.17) is 9.47 Å². The number of carbonyl (C=O) groups is 1. The number of fused-ring (bicyclic) bond motifs is 1. The fraction of sp³-hybridized carbons (Fsp3) is 0.200. The average molecular weight is 460 g/mol. The molecule has 1 aliphatic heterocycles. The van der Waals surface area contributed by atoms with Crippen molar-refractivity contribution in [3.05, 3.63) is 53.1 Å². The summed E-state index contributed by atoms with van der Waals surface area (Å²) in [5.74, 6) is 1.24. The van der Waals surface area contributed by atoms with Crippen molar-refractivity contribution in [1.82, 2.24) is 9.97 Å². The van der Waals surface area contributed by atoms with E-state index in [0.29, 0.717) is 35.6 Å². The van der Waals surface area contributed by atoms with Crippen LogP contribution in [0, 0.1) is 0 Å². The molecule has 2 heterocycles. The summed E-state index contributed by atoms with van der Waals surface area (Å²) < 4.78 is 12.1. The Morgan fingerprint density at radius 1 is 1.18 bits per heavy atom. The zero-order valence-corrected chi connectivity index (χ0v) is 17.5. The first-order valence-electron chi connectivity index (χ1n) is 8.76. The van der Waals surface area contributed by atoms with Gasteiger partial charge in [-0.15, -0.1) is 0 Å². The molecule has 2 aromatic carbocycles. The van der Waals surface area contributed by atoms with Gasteiger partial charge in [0.1, 0.15) is 13.2 Å². The molecule has 0 fully saturated rings. The lowest BCUT2D eigenvalue weighted by molar-refractivity contribution is -0.115. The van der Waals surface area contributed by atoms with Crippen LogP contribution in [0.5, 0.6) is 11.5 Å². The second kappa shape index (κ2) is 8.28. The number of ether oxygens (including phenoxy) is 2. The number of anilines is 1. The van der Waals surface area contributed by atoms with Crippen LogP contribution in [0.2, 0.25) is 0 Å². The summed E-state index contributed by atoms with van der Waals surface area (Å²) in [6.07, 6.45) is 1.77. The molecule has 8 heteroatoms. The average Bonchev–Trinajstić information content (AvgIpc) is 3.17. The number of imidazole rings is 1. The molecule has 1 aliphatic rings. The van der Waals surface area contributed by atoms with Gasteiger partial charge in [0.2, 0.25) is 5.91 Å². The lowest BCUT2D eigenvalue weighted by Crippen LogP contribution is -2.23. The first-order chi connectivity index (χ1) is 13.6. The van der Waals surface area contributed by atoms with E-state index in [2.05, 4.69) is 31.2 Å². The van der Waals surface area contributed by atoms with Gasteiger partial charge in [0.05, 0.1) is 17.1 Å². The minimum Gasteiger partial charge on any atom is -0.486 e. The quantitative estimate of drug-likeness (QED) is 0.539. The predicted molar refractivity (Wildman–Crippen MR) is 113 cm³/mol. The molecule has 28 heavy (non-hydrogen) atoms. The maximum Gasteiger partial charge on any atom is 0.237 e. The first kappa shape index (κ1) is 18.9. The van der Waals surface area contributed by atoms with Crippen LogP contribution in [0.1, 0.15) is 6.92 Å². The number of aromatic nitrogens is 2. The summed E-state index contributed by atoms with van der Waals surface area (Å²) in [6, 6.07) is 13.4. The van der Waals surface area contributed by atoms with Gasteiger partial charge in [-0.3, -0.25) is 4.79 Å². The van der Waals surface area contributed by atoms with Crippen LogP contribution < -0.4 is 14.8 Å². The normalized spacial score (nSPS) is 13.8. The molecule has 1 atom stereocenters. The summed E-state index contributed by atoms with van der Waals surface area (Å²) in [4.78, 5) is 20.2. The van der Waals surface area contributed by atoms with E-state index in [-0.39, 0.29) is 11.2 Å². The Balaban J connectivity index is 1.39. The highest BCUT2D eigenvalue weighted by Crippen LogP contribution is 2.33. The number of rotatable bonds is 5. The minimum absolute atomic E-state index is 0.108. The van der Waals surface area contributed by atoms with Crippen LogP contribution in [-0.2, 0) is 4.79 Å². The molecule has 2 N–H and O–H groups in total. The van der Waals surface area contributed by atoms with Crippen molar-refractivity contribution in [3.8, 4) is 22.8 Å². The summed E-state index contributed by atoms with van der Waals surface area (Å²) in [5, 5.41) is 3.29. The van der Waals surface area contributed by atoms with Crippen molar-refractivity contribution in [2.24, 2.45) is 0 Å². The number of H-pyrrole nitrogens is 1. The SMILES string of the molecule is CC(Sc1ncc(-c2ccc(Br)cc2)[nH]1)C(=O)Nc1ccc2c(c1)OCCO2. The smallest absolute Gasteiger partial charge is 0.237 e. The monoisotopic (exact) mass is 459 g/mol. The maximum absolute atomic E-state index is 12.5. The van der Waals surface area contributed by atoms with Crippen LogP contribution in [-0.4, -0.2) is 34.3 Å². The largest absolute Gasteiger partial charge is 0.486 e. The number of hydrogen-bond donors (Lipinski definition) is 2. The molecule has 0 aliphatic carbocycles. The first-order valence-corrected chi connectivity index (χ1v) is 10.4. The molecule has 0 bridgehead atoms. The standard InChI is InChI=1S/C20H18BrN3O3S/c1-12(19(25)23-15-6-7-17-18(10-15)27-9-8-26-17)28-20-22-11-16(24-20)13-2-4-14(21)5-3-13/h2-7,10-12H,8-9H2,1H3,(H,22,24)(H,23,25). The molecule has 0 spiro atoms. The van der Waals surface area contributed by atoms with Gasteiger partial charge < -0.3 is 19.8 Å². The van der Waals surface area contributed by atoms with Gasteiger partial charge >= 0.3 is 0 Å². The van der Waals surface area contributed by atoms with Gasteiger partial charge in [-0.25, -0.2) is 4.98 Å². The van der Waals surface area contributed by atoms with Gasteiger partial charge in [-0.2, -0.15) is 0 Å². The van der Waals surface area contributed by atoms with E-state index in [0.717, 1.165) is 15.7 Å². The third-order valence-corrected chi connectivity index (χ3v) is 5.70. The molecule has 3 aromatic rings. The van der Waals surface area contributed by atoms with E-state index in [1.54, 1.807) is 24.4 Å². The van der Waals surface area contributed by atoms with Crippen LogP contribution in [0.3, 0.4) is 0 Å². The van der Waals surface area contributed by atoms with Gasteiger partial charge in [-0.1, -0.05) is 39.8 Å². The fourth-order valence-corrected chi connectivity index (χ4v) is 3.77. The second-order valence-corrected chi connectivity index (χ2v) is 8.46. The molecule has 4 rings (SSSR count). The number of halogens is 1. The molecule has 0 saturated carbocycles. The summed E-state index contributed by atoms with van der Waals surface area (Å²) >= 11 is 4.80. The maximum atomic E-state index is 12.5. The van der Waals surface area contributed by atoms with Crippen molar-refractivity contribution >= 4 is 39.3 Å². The van der Waals surface area contributed by atoms with Crippen molar-refractivity contribution in [3.63, 3.8) is 0 Å². The Morgan fingerprint density at radius 2 is 1.93 bits per heavy atom. The summed E-state index contributed by atoms with van der Waals surface area (Å²) in [7, 11) is 0. The van der Waals surface area contributed by atoms with Crippen molar-refractivity contribution in [1.29, 1.82) is 0 Å². The number of aromatic amines is 1. The van der Waals surface area contributed by atoms with Crippen molar-refractivity contribution in [2.45, 2.75) is 17.3 Å². The number of hydrogen-bond acceptors (Lipinski definition) is 5. The lowest BCUT2D eigenvalue weighted by atomic mass is 10.2. The number of amides is 1. The number of nitrogens with one attached hydrogen (secondary N) is 2. The third-order valence-electron chi connectivity index (χ3n) is 4.18. The Kier molecular flexibility index (Phi) is 5.59. The van der Waals surface area contributed by atoms with Gasteiger partial charge in [0.15, 0.2) is 16.7 Å². The molecule has 144 valence electrons. The Labute approximate surface area is 175 Å². The molecule has 0 saturated heterocycles. The highest BCUT2D eigenvalue weighted by atomic mass is 79.9. The number of thioether (sulfide) groups is 1. The zero-order chi connectivity index (χ0) is 19.5. The molecule has 1 amide bonds. The number of carbonyl (C=O) groups excluding carboxylic acids is 1. The topological polar surface area (TPSA) is 76.2 Å². The van der Waals surface area contributed by atoms with Gasteiger partial charge in [-0.05, 0) is 36.8 Å². The van der Waals surface area contributed by atoms with Crippen LogP contribution >= 0.6 is 27.7 Å². The molecular formula is C20H18BrN3O3S. The Hall–Kier alpha value is -2.45. The Morgan fingerprint density at radius 3 is 2.71 bits per heavy atom.